The lowest BCUT2D eigenvalue weighted by molar-refractivity contribution is -0.142. The van der Waals surface area contributed by atoms with Gasteiger partial charge in [0.2, 0.25) is 0 Å². The van der Waals surface area contributed by atoms with Crippen LogP contribution in [0.25, 0.3) is 0 Å². The third-order valence-electron chi connectivity index (χ3n) is 4.62. The van der Waals surface area contributed by atoms with E-state index in [0.717, 1.165) is 18.8 Å². The minimum Gasteiger partial charge on any atom is -0.468 e. The normalized spacial score (nSPS) is 17.3. The number of nitrogens with zero attached hydrogens (tertiary/aromatic N) is 3. The standard InChI is InChI=1S/C18H30F3N5O.HI/c1-22-17(23-8-11-25(2)14-18(19,20)21)24-13-15(16-7-6-12-27-16)26-9-4-3-5-10-26;/h6-7,12,15H,3-5,8-11,13-14H2,1-2H3,(H2,22,23,24);1H. The maximum Gasteiger partial charge on any atom is 0.401 e. The van der Waals surface area contributed by atoms with E-state index in [0.29, 0.717) is 19.0 Å². The number of alkyl halides is 3. The van der Waals surface area contributed by atoms with Crippen molar-refractivity contribution in [3.63, 3.8) is 0 Å². The Morgan fingerprint density at radius 3 is 2.57 bits per heavy atom. The van der Waals surface area contributed by atoms with Crippen LogP contribution in [-0.2, 0) is 0 Å². The van der Waals surface area contributed by atoms with Crippen molar-refractivity contribution in [3.8, 4) is 0 Å². The maximum atomic E-state index is 12.4. The molecule has 0 radical (unpaired) electrons. The number of nitrogens with one attached hydrogen (secondary N) is 2. The molecule has 1 aliphatic heterocycles. The fourth-order valence-electron chi connectivity index (χ4n) is 3.28. The summed E-state index contributed by atoms with van der Waals surface area (Å²) in [7, 11) is 3.10. The molecule has 1 aliphatic rings. The van der Waals surface area contributed by atoms with E-state index >= 15 is 0 Å². The van der Waals surface area contributed by atoms with Gasteiger partial charge in [-0.05, 0) is 45.1 Å². The van der Waals surface area contributed by atoms with Crippen molar-refractivity contribution in [1.29, 1.82) is 0 Å². The number of likely N-dealkylation sites (tertiary alicyclic amines) is 1. The van der Waals surface area contributed by atoms with Gasteiger partial charge in [0.05, 0.1) is 18.8 Å². The van der Waals surface area contributed by atoms with Gasteiger partial charge in [0.25, 0.3) is 0 Å². The third-order valence-corrected chi connectivity index (χ3v) is 4.62. The summed E-state index contributed by atoms with van der Waals surface area (Å²) in [6.45, 7) is 2.40. The summed E-state index contributed by atoms with van der Waals surface area (Å²) in [6.07, 6.45) is 1.10. The quantitative estimate of drug-likeness (QED) is 0.316. The van der Waals surface area contributed by atoms with Crippen LogP contribution < -0.4 is 10.6 Å². The molecule has 0 bridgehead atoms. The highest BCUT2D eigenvalue weighted by atomic mass is 127. The van der Waals surface area contributed by atoms with Crippen LogP contribution in [0.2, 0.25) is 0 Å². The molecule has 162 valence electrons. The van der Waals surface area contributed by atoms with Crippen LogP contribution in [0.5, 0.6) is 0 Å². The van der Waals surface area contributed by atoms with Crippen molar-refractivity contribution in [3.05, 3.63) is 24.2 Å². The fourth-order valence-corrected chi connectivity index (χ4v) is 3.28. The van der Waals surface area contributed by atoms with Gasteiger partial charge in [-0.2, -0.15) is 13.2 Å². The van der Waals surface area contributed by atoms with Crippen LogP contribution >= 0.6 is 24.0 Å². The molecule has 0 spiro atoms. The predicted molar refractivity (Wildman–Crippen MR) is 115 cm³/mol. The molecule has 0 amide bonds. The zero-order chi connectivity index (χ0) is 19.7. The number of piperidine rings is 1. The van der Waals surface area contributed by atoms with Gasteiger partial charge in [0.15, 0.2) is 5.96 Å². The molecule has 1 saturated heterocycles. The minimum absolute atomic E-state index is 0. The van der Waals surface area contributed by atoms with Crippen LogP contribution in [-0.4, -0.2) is 75.3 Å². The Morgan fingerprint density at radius 1 is 1.29 bits per heavy atom. The van der Waals surface area contributed by atoms with Crippen molar-refractivity contribution in [2.75, 3.05) is 53.4 Å². The molecule has 10 heteroatoms. The van der Waals surface area contributed by atoms with Gasteiger partial charge in [-0.1, -0.05) is 6.42 Å². The third kappa shape index (κ3) is 8.99. The van der Waals surface area contributed by atoms with Gasteiger partial charge < -0.3 is 15.1 Å². The summed E-state index contributed by atoms with van der Waals surface area (Å²) in [5.74, 6) is 1.48. The van der Waals surface area contributed by atoms with E-state index in [1.165, 1.54) is 31.2 Å². The summed E-state index contributed by atoms with van der Waals surface area (Å²) in [6, 6.07) is 3.96. The summed E-state index contributed by atoms with van der Waals surface area (Å²) >= 11 is 0. The highest BCUT2D eigenvalue weighted by Gasteiger charge is 2.29. The molecule has 28 heavy (non-hydrogen) atoms. The highest BCUT2D eigenvalue weighted by molar-refractivity contribution is 14.0. The predicted octanol–water partition coefficient (Wildman–Crippen LogP) is 3.08. The monoisotopic (exact) mass is 517 g/mol. The number of guanidine groups is 1. The minimum atomic E-state index is -4.18. The molecule has 0 aromatic carbocycles. The molecule has 1 aromatic rings. The topological polar surface area (TPSA) is 56.0 Å². The zero-order valence-corrected chi connectivity index (χ0v) is 18.8. The Kier molecular flexibility index (Phi) is 11.2. The largest absolute Gasteiger partial charge is 0.468 e. The average molecular weight is 517 g/mol. The molecule has 1 unspecified atom stereocenters. The van der Waals surface area contributed by atoms with E-state index in [2.05, 4.69) is 20.5 Å². The average Bonchev–Trinajstić information content (AvgIpc) is 3.14. The molecule has 2 heterocycles. The Bertz CT molecular complexity index is 562. The second-order valence-corrected chi connectivity index (χ2v) is 6.86. The Morgan fingerprint density at radius 2 is 2.00 bits per heavy atom. The van der Waals surface area contributed by atoms with Gasteiger partial charge in [-0.3, -0.25) is 14.8 Å². The second kappa shape index (κ2) is 12.5. The van der Waals surface area contributed by atoms with E-state index in [-0.39, 0.29) is 36.6 Å². The van der Waals surface area contributed by atoms with E-state index in [1.807, 2.05) is 12.1 Å². The summed E-state index contributed by atoms with van der Waals surface area (Å²) in [4.78, 5) is 7.80. The summed E-state index contributed by atoms with van der Waals surface area (Å²) in [5, 5.41) is 6.34. The first-order valence-electron chi connectivity index (χ1n) is 9.36. The fraction of sp³-hybridized carbons (Fsp3) is 0.722. The van der Waals surface area contributed by atoms with E-state index in [9.17, 15) is 13.2 Å². The van der Waals surface area contributed by atoms with Crippen LogP contribution in [0.1, 0.15) is 31.1 Å². The van der Waals surface area contributed by atoms with Gasteiger partial charge >= 0.3 is 6.18 Å². The number of halogens is 4. The van der Waals surface area contributed by atoms with Gasteiger partial charge in [-0.15, -0.1) is 24.0 Å². The van der Waals surface area contributed by atoms with E-state index < -0.39 is 12.7 Å². The van der Waals surface area contributed by atoms with E-state index in [4.69, 9.17) is 4.42 Å². The maximum absolute atomic E-state index is 12.4. The van der Waals surface area contributed by atoms with Crippen LogP contribution in [0.3, 0.4) is 0 Å². The smallest absolute Gasteiger partial charge is 0.401 e. The Hall–Kier alpha value is -1.01. The molecular weight excluding hydrogens is 486 g/mol. The van der Waals surface area contributed by atoms with E-state index in [1.54, 1.807) is 13.3 Å². The summed E-state index contributed by atoms with van der Waals surface area (Å²) in [5.41, 5.74) is 0. The molecule has 0 aliphatic carbocycles. The molecule has 1 atom stereocenters. The lowest BCUT2D eigenvalue weighted by Gasteiger charge is -2.33. The van der Waals surface area contributed by atoms with Crippen LogP contribution in [0.15, 0.2) is 27.8 Å². The van der Waals surface area contributed by atoms with Crippen molar-refractivity contribution in [1.82, 2.24) is 20.4 Å². The highest BCUT2D eigenvalue weighted by Crippen LogP contribution is 2.24. The number of rotatable bonds is 8. The first kappa shape index (κ1) is 25.0. The van der Waals surface area contributed by atoms with Gasteiger partial charge in [-0.25, -0.2) is 0 Å². The van der Waals surface area contributed by atoms with Gasteiger partial charge in [0, 0.05) is 26.7 Å². The number of hydrogen-bond donors (Lipinski definition) is 2. The van der Waals surface area contributed by atoms with Gasteiger partial charge in [0.1, 0.15) is 5.76 Å². The first-order chi connectivity index (χ1) is 12.9. The van der Waals surface area contributed by atoms with Crippen molar-refractivity contribution < 1.29 is 17.6 Å². The Labute approximate surface area is 181 Å². The number of hydrogen-bond acceptors (Lipinski definition) is 4. The number of aliphatic imine (C=N–C) groups is 1. The number of furan rings is 1. The van der Waals surface area contributed by atoms with Crippen LogP contribution in [0.4, 0.5) is 13.2 Å². The first-order valence-corrected chi connectivity index (χ1v) is 9.36. The molecular formula is C18H31F3IN5O. The van der Waals surface area contributed by atoms with Crippen LogP contribution in [0, 0.1) is 0 Å². The zero-order valence-electron chi connectivity index (χ0n) is 16.5. The lowest BCUT2D eigenvalue weighted by atomic mass is 10.1. The number of likely N-dealkylation sites (N-methyl/N-ethyl adjacent to an activating group) is 1. The molecule has 2 N–H and O–H groups in total. The molecule has 2 rings (SSSR count). The van der Waals surface area contributed by atoms with Crippen molar-refractivity contribution >= 4 is 29.9 Å². The summed E-state index contributed by atoms with van der Waals surface area (Å²) < 4.78 is 42.7. The molecule has 0 saturated carbocycles. The van der Waals surface area contributed by atoms with Crippen molar-refractivity contribution in [2.45, 2.75) is 31.5 Å². The second-order valence-electron chi connectivity index (χ2n) is 6.86. The molecule has 6 nitrogen and oxygen atoms in total. The lowest BCUT2D eigenvalue weighted by Crippen LogP contribution is -2.46. The SMILES string of the molecule is CN=C(NCCN(C)CC(F)(F)F)NCC(c1ccco1)N1CCCCC1.I. The molecule has 1 aromatic heterocycles. The molecule has 1 fully saturated rings. The Balaban J connectivity index is 0.00000392. The van der Waals surface area contributed by atoms with Crippen molar-refractivity contribution in [2.24, 2.45) is 4.99 Å².